The molecule has 10 heavy (non-hydrogen) atoms. The molecule has 0 nitrogen and oxygen atoms in total. The highest BCUT2D eigenvalue weighted by Crippen LogP contribution is 2.22. The van der Waals surface area contributed by atoms with Crippen molar-refractivity contribution >= 4 is 11.6 Å². The Morgan fingerprint density at radius 2 is 1.40 bits per heavy atom. The second-order valence-corrected chi connectivity index (χ2v) is 2.38. The lowest BCUT2D eigenvalue weighted by Gasteiger charge is -1.98. The fourth-order valence-corrected chi connectivity index (χ4v) is 0.540. The number of allylic oxidation sites excluding steroid dienone is 4. The van der Waals surface area contributed by atoms with Crippen LogP contribution in [0.4, 0.5) is 8.78 Å². The minimum Gasteiger partial charge on any atom is -0.212 e. The molecule has 0 bridgehead atoms. The molecule has 0 aromatic heterocycles. The molecular weight excluding hydrogens is 158 g/mol. The summed E-state index contributed by atoms with van der Waals surface area (Å²) in [6.07, 6.45) is 0. The smallest absolute Gasteiger partial charge is 0.116 e. The van der Waals surface area contributed by atoms with Crippen molar-refractivity contribution in [1.29, 1.82) is 0 Å². The van der Waals surface area contributed by atoms with E-state index in [1.807, 2.05) is 0 Å². The highest BCUT2D eigenvalue weighted by atomic mass is 35.5. The van der Waals surface area contributed by atoms with Gasteiger partial charge in [-0.2, -0.15) is 0 Å². The fourth-order valence-electron chi connectivity index (χ4n) is 0.410. The average Bonchev–Trinajstić information content (AvgIpc) is 1.84. The summed E-state index contributed by atoms with van der Waals surface area (Å²) < 4.78 is 24.6. The zero-order valence-electron chi connectivity index (χ0n) is 6.13. The molecule has 0 amide bonds. The van der Waals surface area contributed by atoms with Gasteiger partial charge in [-0.3, -0.25) is 0 Å². The molecule has 0 heterocycles. The number of hydrogen-bond donors (Lipinski definition) is 0. The lowest BCUT2D eigenvalue weighted by atomic mass is 10.2. The first kappa shape index (κ1) is 9.63. The van der Waals surface area contributed by atoms with Gasteiger partial charge < -0.3 is 0 Å². The largest absolute Gasteiger partial charge is 0.212 e. The lowest BCUT2D eigenvalue weighted by molar-refractivity contribution is 0.617. The van der Waals surface area contributed by atoms with E-state index in [9.17, 15) is 8.78 Å². The van der Waals surface area contributed by atoms with Gasteiger partial charge in [-0.25, -0.2) is 8.78 Å². The van der Waals surface area contributed by atoms with Crippen LogP contribution in [0.3, 0.4) is 0 Å². The van der Waals surface area contributed by atoms with Crippen LogP contribution in [0.1, 0.15) is 20.8 Å². The van der Waals surface area contributed by atoms with Crippen LogP contribution in [-0.2, 0) is 0 Å². The van der Waals surface area contributed by atoms with E-state index in [0.717, 1.165) is 0 Å². The van der Waals surface area contributed by atoms with Gasteiger partial charge in [0.05, 0.1) is 5.03 Å². The standard InChI is InChI=1S/C7H9ClF2/c1-4(5(2)9)7(8)6(3)10/h1-3H3. The average molecular weight is 167 g/mol. The van der Waals surface area contributed by atoms with E-state index in [4.69, 9.17) is 11.6 Å². The van der Waals surface area contributed by atoms with Gasteiger partial charge in [0.25, 0.3) is 0 Å². The van der Waals surface area contributed by atoms with Crippen molar-refractivity contribution in [2.75, 3.05) is 0 Å². The van der Waals surface area contributed by atoms with Crippen LogP contribution in [0.15, 0.2) is 22.3 Å². The second kappa shape index (κ2) is 3.71. The summed E-state index contributed by atoms with van der Waals surface area (Å²) in [6.45, 7) is 3.86. The van der Waals surface area contributed by atoms with Crippen LogP contribution in [0.2, 0.25) is 0 Å². The molecule has 0 aliphatic carbocycles. The van der Waals surface area contributed by atoms with E-state index in [1.54, 1.807) is 0 Å². The molecule has 0 aromatic carbocycles. The molecule has 0 spiro atoms. The molecule has 0 fully saturated rings. The molecule has 0 radical (unpaired) electrons. The van der Waals surface area contributed by atoms with Crippen molar-refractivity contribution in [1.82, 2.24) is 0 Å². The van der Waals surface area contributed by atoms with Crippen LogP contribution < -0.4 is 0 Å². The monoisotopic (exact) mass is 166 g/mol. The maximum Gasteiger partial charge on any atom is 0.116 e. The molecule has 0 saturated carbocycles. The van der Waals surface area contributed by atoms with Gasteiger partial charge in [-0.05, 0) is 20.8 Å². The van der Waals surface area contributed by atoms with Crippen LogP contribution >= 0.6 is 11.6 Å². The highest BCUT2D eigenvalue weighted by molar-refractivity contribution is 6.32. The first-order valence-corrected chi connectivity index (χ1v) is 3.19. The van der Waals surface area contributed by atoms with E-state index in [-0.39, 0.29) is 10.6 Å². The Balaban J connectivity index is 4.71. The number of rotatable bonds is 1. The van der Waals surface area contributed by atoms with Gasteiger partial charge in [0, 0.05) is 5.57 Å². The molecule has 0 N–H and O–H groups in total. The summed E-state index contributed by atoms with van der Waals surface area (Å²) >= 11 is 5.37. The Hall–Kier alpha value is -0.370. The first-order valence-electron chi connectivity index (χ1n) is 2.82. The third-order valence-electron chi connectivity index (χ3n) is 1.15. The Kier molecular flexibility index (Phi) is 3.58. The molecule has 0 unspecified atom stereocenters. The van der Waals surface area contributed by atoms with Gasteiger partial charge >= 0.3 is 0 Å². The van der Waals surface area contributed by atoms with Gasteiger partial charge in [0.1, 0.15) is 11.7 Å². The second-order valence-electron chi connectivity index (χ2n) is 2.01. The maximum atomic E-state index is 12.3. The molecule has 0 rings (SSSR count). The Morgan fingerprint density at radius 3 is 1.50 bits per heavy atom. The van der Waals surface area contributed by atoms with E-state index in [0.29, 0.717) is 0 Å². The van der Waals surface area contributed by atoms with Crippen molar-refractivity contribution in [3.05, 3.63) is 22.3 Å². The maximum absolute atomic E-state index is 12.3. The summed E-state index contributed by atoms with van der Waals surface area (Å²) in [4.78, 5) is 0. The first-order chi connectivity index (χ1) is 4.46. The van der Waals surface area contributed by atoms with Gasteiger partial charge in [0.2, 0.25) is 0 Å². The van der Waals surface area contributed by atoms with Crippen molar-refractivity contribution in [2.45, 2.75) is 20.8 Å². The van der Waals surface area contributed by atoms with E-state index >= 15 is 0 Å². The fraction of sp³-hybridized carbons (Fsp3) is 0.429. The summed E-state index contributed by atoms with van der Waals surface area (Å²) in [7, 11) is 0. The molecule has 0 saturated heterocycles. The van der Waals surface area contributed by atoms with Crippen LogP contribution in [-0.4, -0.2) is 0 Å². The van der Waals surface area contributed by atoms with Crippen molar-refractivity contribution in [3.63, 3.8) is 0 Å². The molecule has 0 aliphatic rings. The van der Waals surface area contributed by atoms with Crippen LogP contribution in [0, 0.1) is 0 Å². The third-order valence-corrected chi connectivity index (χ3v) is 1.69. The van der Waals surface area contributed by atoms with Gasteiger partial charge in [0.15, 0.2) is 0 Å². The highest BCUT2D eigenvalue weighted by Gasteiger charge is 2.03. The minimum atomic E-state index is -0.559. The summed E-state index contributed by atoms with van der Waals surface area (Å²) in [5.74, 6) is -1.02. The Labute approximate surface area is 64.2 Å². The SMILES string of the molecule is CC(F)=C(C)C(Cl)=C(C)F. The zero-order valence-corrected chi connectivity index (χ0v) is 6.89. The normalized spacial score (nSPS) is 16.2. The summed E-state index contributed by atoms with van der Waals surface area (Å²) in [5, 5.41) is -0.139. The predicted octanol–water partition coefficient (Wildman–Crippen LogP) is 3.69. The lowest BCUT2D eigenvalue weighted by Crippen LogP contribution is -1.80. The van der Waals surface area contributed by atoms with E-state index < -0.39 is 11.7 Å². The number of halogens is 3. The molecular formula is C7H9ClF2. The minimum absolute atomic E-state index is 0.139. The van der Waals surface area contributed by atoms with Gasteiger partial charge in [-0.1, -0.05) is 11.6 Å². The molecule has 58 valence electrons. The van der Waals surface area contributed by atoms with Gasteiger partial charge in [-0.15, -0.1) is 0 Å². The van der Waals surface area contributed by atoms with Crippen LogP contribution in [0.5, 0.6) is 0 Å². The summed E-state index contributed by atoms with van der Waals surface area (Å²) in [6, 6.07) is 0. The quantitative estimate of drug-likeness (QED) is 0.522. The third kappa shape index (κ3) is 2.48. The zero-order chi connectivity index (χ0) is 8.31. The summed E-state index contributed by atoms with van der Waals surface area (Å²) in [5.41, 5.74) is 0.154. The topological polar surface area (TPSA) is 0 Å². The Morgan fingerprint density at radius 1 is 1.00 bits per heavy atom. The molecule has 3 heteroatoms. The van der Waals surface area contributed by atoms with Crippen molar-refractivity contribution < 1.29 is 8.78 Å². The van der Waals surface area contributed by atoms with Crippen molar-refractivity contribution in [3.8, 4) is 0 Å². The van der Waals surface area contributed by atoms with Crippen LogP contribution in [0.25, 0.3) is 0 Å². The van der Waals surface area contributed by atoms with E-state index in [2.05, 4.69) is 0 Å². The molecule has 0 atom stereocenters. The molecule has 0 aliphatic heterocycles. The number of hydrogen-bond acceptors (Lipinski definition) is 0. The van der Waals surface area contributed by atoms with Crippen molar-refractivity contribution in [2.24, 2.45) is 0 Å². The Bertz CT molecular complexity index is 162. The molecule has 0 aromatic rings. The van der Waals surface area contributed by atoms with E-state index in [1.165, 1.54) is 20.8 Å². The predicted molar refractivity (Wildman–Crippen MR) is 39.1 cm³/mol.